The van der Waals surface area contributed by atoms with Crippen molar-refractivity contribution >= 4 is 12.3 Å². The lowest BCUT2D eigenvalue weighted by atomic mass is 9.95. The Bertz CT molecular complexity index is 356. The zero-order valence-corrected chi connectivity index (χ0v) is 9.05. The van der Waals surface area contributed by atoms with Gasteiger partial charge in [-0.25, -0.2) is 0 Å². The minimum Gasteiger partial charge on any atom is -0.469 e. The maximum Gasteiger partial charge on any atom is 0.313 e. The van der Waals surface area contributed by atoms with E-state index in [1.54, 1.807) is 24.3 Å². The molecule has 0 fully saturated rings. The quantitative estimate of drug-likeness (QED) is 0.597. The Morgan fingerprint density at radius 2 is 2.06 bits per heavy atom. The van der Waals surface area contributed by atoms with Crippen molar-refractivity contribution < 1.29 is 19.4 Å². The summed E-state index contributed by atoms with van der Waals surface area (Å²) >= 11 is 0. The number of rotatable bonds is 5. The van der Waals surface area contributed by atoms with Crippen molar-refractivity contribution in [3.63, 3.8) is 0 Å². The Morgan fingerprint density at radius 1 is 1.44 bits per heavy atom. The molecule has 16 heavy (non-hydrogen) atoms. The van der Waals surface area contributed by atoms with E-state index in [1.807, 2.05) is 0 Å². The fourth-order valence-corrected chi connectivity index (χ4v) is 1.46. The van der Waals surface area contributed by atoms with E-state index in [-0.39, 0.29) is 13.0 Å². The van der Waals surface area contributed by atoms with Crippen molar-refractivity contribution in [3.05, 3.63) is 35.4 Å². The van der Waals surface area contributed by atoms with E-state index in [0.717, 1.165) is 11.1 Å². The molecular formula is C12H14O4. The van der Waals surface area contributed by atoms with Gasteiger partial charge in [-0.05, 0) is 11.1 Å². The van der Waals surface area contributed by atoms with E-state index < -0.39 is 11.9 Å². The van der Waals surface area contributed by atoms with Gasteiger partial charge in [0.05, 0.1) is 19.6 Å². The molecule has 1 N–H and O–H groups in total. The highest BCUT2D eigenvalue weighted by molar-refractivity contribution is 5.81. The summed E-state index contributed by atoms with van der Waals surface area (Å²) in [7, 11) is 1.29. The van der Waals surface area contributed by atoms with E-state index in [0.29, 0.717) is 6.29 Å². The number of carbonyl (C=O) groups excluding carboxylic acids is 2. The predicted octanol–water partition coefficient (Wildman–Crippen LogP) is 1.02. The first-order valence-electron chi connectivity index (χ1n) is 4.94. The maximum absolute atomic E-state index is 11.4. The van der Waals surface area contributed by atoms with Gasteiger partial charge in [0.1, 0.15) is 6.29 Å². The maximum atomic E-state index is 11.4. The zero-order valence-electron chi connectivity index (χ0n) is 9.05. The average Bonchev–Trinajstić information content (AvgIpc) is 2.35. The van der Waals surface area contributed by atoms with Gasteiger partial charge in [-0.2, -0.15) is 0 Å². The summed E-state index contributed by atoms with van der Waals surface area (Å²) in [5.41, 5.74) is 1.48. The molecular weight excluding hydrogens is 208 g/mol. The summed E-state index contributed by atoms with van der Waals surface area (Å²) in [6, 6.07) is 6.87. The standard InChI is InChI=1S/C12H14O4/c1-16-12(15)11(6-7-13)10-4-2-9(8-14)3-5-10/h2-5,7,11,14H,6,8H2,1H3. The van der Waals surface area contributed by atoms with Crippen molar-refractivity contribution in [2.45, 2.75) is 18.9 Å². The van der Waals surface area contributed by atoms with Gasteiger partial charge in [0.2, 0.25) is 0 Å². The van der Waals surface area contributed by atoms with Gasteiger partial charge in [-0.1, -0.05) is 24.3 Å². The largest absolute Gasteiger partial charge is 0.469 e. The van der Waals surface area contributed by atoms with Crippen molar-refractivity contribution in [1.82, 2.24) is 0 Å². The van der Waals surface area contributed by atoms with Gasteiger partial charge in [-0.3, -0.25) is 4.79 Å². The van der Waals surface area contributed by atoms with E-state index in [2.05, 4.69) is 4.74 Å². The van der Waals surface area contributed by atoms with Gasteiger partial charge in [0.25, 0.3) is 0 Å². The van der Waals surface area contributed by atoms with Crippen LogP contribution < -0.4 is 0 Å². The lowest BCUT2D eigenvalue weighted by Gasteiger charge is -2.12. The average molecular weight is 222 g/mol. The fraction of sp³-hybridized carbons (Fsp3) is 0.333. The van der Waals surface area contributed by atoms with Gasteiger partial charge in [0.15, 0.2) is 0 Å². The number of aliphatic hydroxyl groups is 1. The Labute approximate surface area is 93.9 Å². The number of benzene rings is 1. The van der Waals surface area contributed by atoms with Crippen LogP contribution in [-0.2, 0) is 20.9 Å². The molecule has 1 atom stereocenters. The Hall–Kier alpha value is -1.68. The number of aliphatic hydroxyl groups excluding tert-OH is 1. The first kappa shape index (κ1) is 12.4. The number of carbonyl (C=O) groups is 2. The number of hydrogen-bond donors (Lipinski definition) is 1. The molecule has 0 aliphatic carbocycles. The summed E-state index contributed by atoms with van der Waals surface area (Å²) in [6.45, 7) is -0.0448. The minimum absolute atomic E-state index is 0.0448. The highest BCUT2D eigenvalue weighted by Crippen LogP contribution is 2.20. The number of ether oxygens (including phenoxy) is 1. The van der Waals surface area contributed by atoms with E-state index in [1.165, 1.54) is 7.11 Å². The number of esters is 1. The van der Waals surface area contributed by atoms with Gasteiger partial charge >= 0.3 is 5.97 Å². The molecule has 4 nitrogen and oxygen atoms in total. The molecule has 1 aromatic rings. The van der Waals surface area contributed by atoms with Crippen LogP contribution >= 0.6 is 0 Å². The Balaban J connectivity index is 2.91. The summed E-state index contributed by atoms with van der Waals surface area (Å²) in [4.78, 5) is 21.9. The summed E-state index contributed by atoms with van der Waals surface area (Å²) in [5.74, 6) is -0.987. The van der Waals surface area contributed by atoms with Crippen LogP contribution in [0.3, 0.4) is 0 Å². The minimum atomic E-state index is -0.560. The molecule has 0 amide bonds. The smallest absolute Gasteiger partial charge is 0.313 e. The lowest BCUT2D eigenvalue weighted by Crippen LogP contribution is -2.14. The van der Waals surface area contributed by atoms with Crippen LogP contribution in [0.4, 0.5) is 0 Å². The van der Waals surface area contributed by atoms with Crippen LogP contribution in [0, 0.1) is 0 Å². The van der Waals surface area contributed by atoms with Crippen LogP contribution in [0.5, 0.6) is 0 Å². The third-order valence-corrected chi connectivity index (χ3v) is 2.38. The van der Waals surface area contributed by atoms with Crippen molar-refractivity contribution in [2.75, 3.05) is 7.11 Å². The molecule has 0 radical (unpaired) electrons. The van der Waals surface area contributed by atoms with Gasteiger partial charge < -0.3 is 14.6 Å². The number of aldehydes is 1. The molecule has 1 unspecified atom stereocenters. The molecule has 0 aliphatic rings. The normalized spacial score (nSPS) is 11.9. The first-order chi connectivity index (χ1) is 7.72. The third-order valence-electron chi connectivity index (χ3n) is 2.38. The molecule has 0 aliphatic heterocycles. The zero-order chi connectivity index (χ0) is 12.0. The van der Waals surface area contributed by atoms with E-state index in [9.17, 15) is 9.59 Å². The highest BCUT2D eigenvalue weighted by atomic mass is 16.5. The number of hydrogen-bond acceptors (Lipinski definition) is 4. The highest BCUT2D eigenvalue weighted by Gasteiger charge is 2.20. The van der Waals surface area contributed by atoms with Gasteiger partial charge in [0, 0.05) is 6.42 Å². The second-order valence-electron chi connectivity index (χ2n) is 3.38. The van der Waals surface area contributed by atoms with Gasteiger partial charge in [-0.15, -0.1) is 0 Å². The molecule has 0 saturated carbocycles. The summed E-state index contributed by atoms with van der Waals surface area (Å²) < 4.78 is 4.63. The van der Waals surface area contributed by atoms with Crippen LogP contribution in [0.2, 0.25) is 0 Å². The molecule has 0 saturated heterocycles. The van der Waals surface area contributed by atoms with Crippen molar-refractivity contribution in [1.29, 1.82) is 0 Å². The molecule has 0 bridgehead atoms. The van der Waals surface area contributed by atoms with Crippen molar-refractivity contribution in [2.24, 2.45) is 0 Å². The Morgan fingerprint density at radius 3 is 2.50 bits per heavy atom. The Kier molecular flexibility index (Phi) is 4.66. The molecule has 86 valence electrons. The van der Waals surface area contributed by atoms with E-state index >= 15 is 0 Å². The summed E-state index contributed by atoms with van der Waals surface area (Å²) in [5, 5.41) is 8.88. The van der Waals surface area contributed by atoms with Crippen molar-refractivity contribution in [3.8, 4) is 0 Å². The fourth-order valence-electron chi connectivity index (χ4n) is 1.46. The molecule has 4 heteroatoms. The topological polar surface area (TPSA) is 63.6 Å². The molecule has 0 aromatic heterocycles. The second-order valence-corrected chi connectivity index (χ2v) is 3.38. The molecule has 1 aromatic carbocycles. The first-order valence-corrected chi connectivity index (χ1v) is 4.94. The second kappa shape index (κ2) is 6.02. The lowest BCUT2D eigenvalue weighted by molar-refractivity contribution is -0.143. The van der Waals surface area contributed by atoms with Crippen LogP contribution in [0.1, 0.15) is 23.5 Å². The summed E-state index contributed by atoms with van der Waals surface area (Å²) in [6.07, 6.45) is 0.798. The predicted molar refractivity (Wildman–Crippen MR) is 57.8 cm³/mol. The van der Waals surface area contributed by atoms with Crippen LogP contribution in [0.25, 0.3) is 0 Å². The SMILES string of the molecule is COC(=O)C(CC=O)c1ccc(CO)cc1. The van der Waals surface area contributed by atoms with E-state index in [4.69, 9.17) is 5.11 Å². The molecule has 1 rings (SSSR count). The van der Waals surface area contributed by atoms with Crippen LogP contribution in [0.15, 0.2) is 24.3 Å². The van der Waals surface area contributed by atoms with Crippen LogP contribution in [-0.4, -0.2) is 24.5 Å². The molecule has 0 heterocycles. The monoisotopic (exact) mass is 222 g/mol. The number of methoxy groups -OCH3 is 1. The molecule has 0 spiro atoms. The third kappa shape index (κ3) is 2.90.